The fourth-order valence-corrected chi connectivity index (χ4v) is 2.61. The van der Waals surface area contributed by atoms with Crippen molar-refractivity contribution in [3.8, 4) is 0 Å². The molecule has 82 valence electrons. The van der Waals surface area contributed by atoms with Crippen LogP contribution in [0.4, 0.5) is 13.2 Å². The van der Waals surface area contributed by atoms with Crippen LogP contribution in [0.2, 0.25) is 0 Å². The maximum Gasteiger partial charge on any atom is 0.414 e. The molecule has 2 bridgehead atoms. The van der Waals surface area contributed by atoms with Crippen molar-refractivity contribution in [2.45, 2.75) is 25.1 Å². The molecule has 0 amide bonds. The number of alkyl halides is 3. The van der Waals surface area contributed by atoms with Crippen LogP contribution in [-0.4, -0.2) is 41.9 Å². The van der Waals surface area contributed by atoms with Crippen molar-refractivity contribution in [1.29, 1.82) is 0 Å². The molecule has 0 aliphatic carbocycles. The summed E-state index contributed by atoms with van der Waals surface area (Å²) in [6, 6.07) is 0. The predicted octanol–water partition coefficient (Wildman–Crippen LogP) is 1.25. The molecule has 5 heteroatoms. The highest BCUT2D eigenvalue weighted by atomic mass is 19.4. The molecule has 0 aromatic rings. The fourth-order valence-electron chi connectivity index (χ4n) is 2.61. The zero-order chi connectivity index (χ0) is 10.3. The topological polar surface area (TPSA) is 23.5 Å². The first-order valence-corrected chi connectivity index (χ1v) is 4.95. The number of hydrogen-bond donors (Lipinski definition) is 1. The molecule has 3 heterocycles. The molecule has 0 aromatic carbocycles. The van der Waals surface area contributed by atoms with Gasteiger partial charge in [-0.1, -0.05) is 0 Å². The number of rotatable bonds is 1. The van der Waals surface area contributed by atoms with E-state index in [1.165, 1.54) is 0 Å². The maximum absolute atomic E-state index is 12.3. The van der Waals surface area contributed by atoms with E-state index in [9.17, 15) is 18.3 Å². The largest absolute Gasteiger partial charge is 0.414 e. The maximum atomic E-state index is 12.3. The normalized spacial score (nSPS) is 39.9. The number of piperidine rings is 3. The van der Waals surface area contributed by atoms with E-state index in [0.717, 1.165) is 25.9 Å². The summed E-state index contributed by atoms with van der Waals surface area (Å²) in [7, 11) is 0. The lowest BCUT2D eigenvalue weighted by Gasteiger charge is -2.46. The molecular weight excluding hydrogens is 195 g/mol. The Morgan fingerprint density at radius 1 is 1.21 bits per heavy atom. The Bertz CT molecular complexity index is 211. The molecule has 2 atom stereocenters. The van der Waals surface area contributed by atoms with Crippen LogP contribution in [0.1, 0.15) is 12.8 Å². The van der Waals surface area contributed by atoms with Gasteiger partial charge in [-0.25, -0.2) is 0 Å². The summed E-state index contributed by atoms with van der Waals surface area (Å²) in [4.78, 5) is 2.01. The number of hydrogen-bond acceptors (Lipinski definition) is 2. The number of fused-ring (bicyclic) bond motifs is 3. The van der Waals surface area contributed by atoms with E-state index in [2.05, 4.69) is 0 Å². The van der Waals surface area contributed by atoms with Crippen molar-refractivity contribution in [1.82, 2.24) is 4.90 Å². The monoisotopic (exact) mass is 209 g/mol. The van der Waals surface area contributed by atoms with Gasteiger partial charge in [-0.3, -0.25) is 0 Å². The van der Waals surface area contributed by atoms with Gasteiger partial charge in [0.1, 0.15) is 0 Å². The number of aliphatic hydroxyl groups excluding tert-OH is 1. The zero-order valence-corrected chi connectivity index (χ0v) is 7.80. The molecule has 3 aliphatic rings. The fraction of sp³-hybridized carbons (Fsp3) is 1.00. The van der Waals surface area contributed by atoms with E-state index in [-0.39, 0.29) is 5.92 Å². The summed E-state index contributed by atoms with van der Waals surface area (Å²) in [5, 5.41) is 9.18. The number of aliphatic hydroxyl groups is 1. The minimum atomic E-state index is -4.46. The second-order valence-electron chi connectivity index (χ2n) is 4.29. The minimum Gasteiger partial charge on any atom is -0.383 e. The third kappa shape index (κ3) is 1.75. The summed E-state index contributed by atoms with van der Waals surface area (Å²) < 4.78 is 36.9. The molecule has 0 aromatic heterocycles. The standard InChI is InChI=1S/C9H14F3NO/c10-9(11,12)8(14)7-5-13-3-1-6(7)2-4-13/h6-8,14H,1-5H2. The Hall–Kier alpha value is -0.290. The summed E-state index contributed by atoms with van der Waals surface area (Å²) >= 11 is 0. The first-order valence-electron chi connectivity index (χ1n) is 4.95. The zero-order valence-electron chi connectivity index (χ0n) is 7.80. The van der Waals surface area contributed by atoms with E-state index in [1.54, 1.807) is 0 Å². The summed E-state index contributed by atoms with van der Waals surface area (Å²) in [6.45, 7) is 2.20. The van der Waals surface area contributed by atoms with Crippen LogP contribution in [0.15, 0.2) is 0 Å². The summed E-state index contributed by atoms with van der Waals surface area (Å²) in [6.07, 6.45) is -4.98. The number of nitrogens with zero attached hydrogens (tertiary/aromatic N) is 1. The van der Waals surface area contributed by atoms with Gasteiger partial charge >= 0.3 is 6.18 Å². The number of halogens is 3. The van der Waals surface area contributed by atoms with Crippen LogP contribution in [-0.2, 0) is 0 Å². The third-order valence-corrected chi connectivity index (χ3v) is 3.45. The van der Waals surface area contributed by atoms with Gasteiger partial charge in [0.25, 0.3) is 0 Å². The molecule has 1 N–H and O–H groups in total. The molecule has 0 radical (unpaired) electrons. The van der Waals surface area contributed by atoms with Crippen LogP contribution in [0.5, 0.6) is 0 Å². The molecule has 14 heavy (non-hydrogen) atoms. The average molecular weight is 209 g/mol. The van der Waals surface area contributed by atoms with Gasteiger partial charge in [0.15, 0.2) is 6.10 Å². The van der Waals surface area contributed by atoms with E-state index in [1.807, 2.05) is 4.90 Å². The Kier molecular flexibility index (Phi) is 2.47. The van der Waals surface area contributed by atoms with Gasteiger partial charge < -0.3 is 10.0 Å². The first kappa shape index (κ1) is 10.2. The van der Waals surface area contributed by atoms with Crippen molar-refractivity contribution >= 4 is 0 Å². The average Bonchev–Trinajstić information content (AvgIpc) is 2.17. The van der Waals surface area contributed by atoms with Crippen molar-refractivity contribution in [3.05, 3.63) is 0 Å². The highest BCUT2D eigenvalue weighted by Crippen LogP contribution is 2.38. The Morgan fingerprint density at radius 2 is 1.79 bits per heavy atom. The molecule has 3 rings (SSSR count). The van der Waals surface area contributed by atoms with Gasteiger partial charge in [-0.05, 0) is 31.8 Å². The smallest absolute Gasteiger partial charge is 0.383 e. The van der Waals surface area contributed by atoms with Crippen molar-refractivity contribution < 1.29 is 18.3 Å². The molecule has 3 aliphatic heterocycles. The lowest BCUT2D eigenvalue weighted by Crippen LogP contribution is -2.54. The lowest BCUT2D eigenvalue weighted by atomic mass is 9.76. The first-order chi connectivity index (χ1) is 6.48. The van der Waals surface area contributed by atoms with E-state index in [4.69, 9.17) is 0 Å². The molecule has 2 unspecified atom stereocenters. The molecular formula is C9H14F3NO. The van der Waals surface area contributed by atoms with Crippen molar-refractivity contribution in [2.24, 2.45) is 11.8 Å². The molecule has 3 saturated heterocycles. The Morgan fingerprint density at radius 3 is 2.14 bits per heavy atom. The van der Waals surface area contributed by atoms with Gasteiger partial charge in [-0.2, -0.15) is 13.2 Å². The minimum absolute atomic E-state index is 0.0663. The second-order valence-corrected chi connectivity index (χ2v) is 4.29. The highest BCUT2D eigenvalue weighted by molar-refractivity contribution is 4.91. The predicted molar refractivity (Wildman–Crippen MR) is 44.7 cm³/mol. The van der Waals surface area contributed by atoms with Gasteiger partial charge in [0, 0.05) is 12.5 Å². The van der Waals surface area contributed by atoms with Crippen LogP contribution in [0.3, 0.4) is 0 Å². The second kappa shape index (κ2) is 3.38. The van der Waals surface area contributed by atoms with Crippen molar-refractivity contribution in [3.63, 3.8) is 0 Å². The van der Waals surface area contributed by atoms with Gasteiger partial charge in [-0.15, -0.1) is 0 Å². The molecule has 0 saturated carbocycles. The van der Waals surface area contributed by atoms with Crippen LogP contribution in [0.25, 0.3) is 0 Å². The molecule has 0 spiro atoms. The van der Waals surface area contributed by atoms with E-state index < -0.39 is 18.2 Å². The van der Waals surface area contributed by atoms with Gasteiger partial charge in [0.2, 0.25) is 0 Å². The van der Waals surface area contributed by atoms with Gasteiger partial charge in [0.05, 0.1) is 0 Å². The lowest BCUT2D eigenvalue weighted by molar-refractivity contribution is -0.233. The van der Waals surface area contributed by atoms with Crippen LogP contribution < -0.4 is 0 Å². The summed E-state index contributed by atoms with van der Waals surface area (Å²) in [5.41, 5.74) is 0. The Balaban J connectivity index is 2.05. The Labute approximate surface area is 80.7 Å². The van der Waals surface area contributed by atoms with Crippen LogP contribution >= 0.6 is 0 Å². The van der Waals surface area contributed by atoms with Crippen molar-refractivity contribution in [2.75, 3.05) is 19.6 Å². The molecule has 3 fully saturated rings. The molecule has 2 nitrogen and oxygen atoms in total. The quantitative estimate of drug-likeness (QED) is 0.702. The SMILES string of the molecule is OC(C1CN2CCC1CC2)C(F)(F)F. The summed E-state index contributed by atoms with van der Waals surface area (Å²) in [5.74, 6) is -0.533. The third-order valence-electron chi connectivity index (χ3n) is 3.45. The van der Waals surface area contributed by atoms with Crippen LogP contribution in [0, 0.1) is 11.8 Å². The van der Waals surface area contributed by atoms with E-state index in [0.29, 0.717) is 6.54 Å². The van der Waals surface area contributed by atoms with E-state index >= 15 is 0 Å². The highest BCUT2D eigenvalue weighted by Gasteiger charge is 2.49.